The summed E-state index contributed by atoms with van der Waals surface area (Å²) in [5.41, 5.74) is 3.80. The number of rotatable bonds is 8. The number of benzene rings is 2. The summed E-state index contributed by atoms with van der Waals surface area (Å²) in [5, 5.41) is 5.66. The van der Waals surface area contributed by atoms with E-state index in [2.05, 4.69) is 15.2 Å². The summed E-state index contributed by atoms with van der Waals surface area (Å²) in [6, 6.07) is 13.1. The van der Waals surface area contributed by atoms with Crippen molar-refractivity contribution >= 4 is 34.6 Å². The highest BCUT2D eigenvalue weighted by molar-refractivity contribution is 7.09. The third-order valence-corrected chi connectivity index (χ3v) is 6.33. The Labute approximate surface area is 197 Å². The average molecular weight is 466 g/mol. The number of hydrogen-bond donors (Lipinski definition) is 1. The van der Waals surface area contributed by atoms with Crippen molar-refractivity contribution < 1.29 is 19.1 Å². The molecule has 1 aliphatic rings. The van der Waals surface area contributed by atoms with Crippen molar-refractivity contribution in [2.24, 2.45) is 0 Å². The summed E-state index contributed by atoms with van der Waals surface area (Å²) < 4.78 is 10.6. The number of methoxy groups -OCH3 is 1. The topological polar surface area (TPSA) is 80.8 Å². The van der Waals surface area contributed by atoms with Crippen LogP contribution in [0, 0.1) is 6.92 Å². The number of anilines is 2. The summed E-state index contributed by atoms with van der Waals surface area (Å²) in [5.74, 6) is 0.167. The van der Waals surface area contributed by atoms with Gasteiger partial charge >= 0.3 is 5.97 Å². The second-order valence-corrected chi connectivity index (χ2v) is 8.92. The zero-order valence-corrected chi connectivity index (χ0v) is 19.6. The molecule has 0 saturated carbocycles. The molecule has 172 valence electrons. The molecule has 1 fully saturated rings. The minimum atomic E-state index is -0.434. The molecule has 1 N–H and O–H groups in total. The Morgan fingerprint density at radius 1 is 1.12 bits per heavy atom. The van der Waals surface area contributed by atoms with Crippen LogP contribution in [0.15, 0.2) is 47.8 Å². The molecule has 3 aromatic rings. The highest BCUT2D eigenvalue weighted by Gasteiger charge is 2.19. The Bertz CT molecular complexity index is 1120. The van der Waals surface area contributed by atoms with Crippen LogP contribution < -0.4 is 15.0 Å². The first-order chi connectivity index (χ1) is 16.0. The Morgan fingerprint density at radius 3 is 2.61 bits per heavy atom. The highest BCUT2D eigenvalue weighted by atomic mass is 32.1. The zero-order chi connectivity index (χ0) is 23.2. The molecule has 1 aromatic heterocycles. The summed E-state index contributed by atoms with van der Waals surface area (Å²) in [6.45, 7) is 4.24. The van der Waals surface area contributed by atoms with Crippen LogP contribution in [-0.4, -0.2) is 37.1 Å². The first-order valence-corrected chi connectivity index (χ1v) is 11.8. The van der Waals surface area contributed by atoms with Crippen molar-refractivity contribution in [2.45, 2.75) is 32.8 Å². The van der Waals surface area contributed by atoms with E-state index in [1.165, 1.54) is 24.0 Å². The molecule has 2 heterocycles. The maximum absolute atomic E-state index is 12.8. The average Bonchev–Trinajstić information content (AvgIpc) is 3.50. The number of esters is 1. The maximum atomic E-state index is 12.8. The molecule has 0 spiro atoms. The normalized spacial score (nSPS) is 13.1. The first-order valence-electron chi connectivity index (χ1n) is 10.9. The van der Waals surface area contributed by atoms with Gasteiger partial charge in [-0.15, -0.1) is 11.3 Å². The van der Waals surface area contributed by atoms with Gasteiger partial charge in [0.25, 0.3) is 0 Å². The number of amides is 1. The van der Waals surface area contributed by atoms with E-state index in [0.717, 1.165) is 42.4 Å². The van der Waals surface area contributed by atoms with E-state index in [-0.39, 0.29) is 12.3 Å². The van der Waals surface area contributed by atoms with Crippen LogP contribution in [0.3, 0.4) is 0 Å². The predicted molar refractivity (Wildman–Crippen MR) is 129 cm³/mol. The summed E-state index contributed by atoms with van der Waals surface area (Å²) in [6.07, 6.45) is 2.36. The second kappa shape index (κ2) is 10.5. The van der Waals surface area contributed by atoms with Crippen molar-refractivity contribution in [3.05, 3.63) is 69.7 Å². The number of nitrogens with zero attached hydrogens (tertiary/aromatic N) is 2. The van der Waals surface area contributed by atoms with Gasteiger partial charge in [-0.05, 0) is 50.1 Å². The van der Waals surface area contributed by atoms with Crippen LogP contribution in [0.5, 0.6) is 5.75 Å². The monoisotopic (exact) mass is 465 g/mol. The molecule has 7 nitrogen and oxygen atoms in total. The molecule has 0 radical (unpaired) electrons. The number of carbonyl (C=O) groups excluding carboxylic acids is 2. The minimum absolute atomic E-state index is 0.142. The molecule has 1 saturated heterocycles. The number of thiazole rings is 1. The molecule has 1 aliphatic heterocycles. The van der Waals surface area contributed by atoms with Gasteiger partial charge in [0.2, 0.25) is 5.91 Å². The molecule has 0 unspecified atom stereocenters. The van der Waals surface area contributed by atoms with Crippen molar-refractivity contribution in [1.29, 1.82) is 0 Å². The van der Waals surface area contributed by atoms with Gasteiger partial charge in [-0.1, -0.05) is 17.7 Å². The van der Waals surface area contributed by atoms with Crippen LogP contribution in [0.4, 0.5) is 11.4 Å². The summed E-state index contributed by atoms with van der Waals surface area (Å²) in [7, 11) is 1.34. The highest BCUT2D eigenvalue weighted by Crippen LogP contribution is 2.30. The fraction of sp³-hybridized carbons (Fsp3) is 0.320. The quantitative estimate of drug-likeness (QED) is 0.490. The third-order valence-electron chi connectivity index (χ3n) is 5.46. The lowest BCUT2D eigenvalue weighted by Gasteiger charge is -2.22. The number of ether oxygens (including phenoxy) is 2. The number of nitrogens with one attached hydrogen (secondary N) is 1. The van der Waals surface area contributed by atoms with Crippen LogP contribution >= 0.6 is 11.3 Å². The molecule has 33 heavy (non-hydrogen) atoms. The minimum Gasteiger partial charge on any atom is -0.486 e. The Morgan fingerprint density at radius 2 is 1.88 bits per heavy atom. The van der Waals surface area contributed by atoms with Crippen molar-refractivity contribution in [1.82, 2.24) is 4.98 Å². The van der Waals surface area contributed by atoms with Crippen LogP contribution in [-0.2, 0) is 22.6 Å². The summed E-state index contributed by atoms with van der Waals surface area (Å²) >= 11 is 1.47. The van der Waals surface area contributed by atoms with Gasteiger partial charge in [-0.2, -0.15) is 0 Å². The van der Waals surface area contributed by atoms with E-state index in [1.807, 2.05) is 42.6 Å². The van der Waals surface area contributed by atoms with Crippen molar-refractivity contribution in [2.75, 3.05) is 30.4 Å². The van der Waals surface area contributed by atoms with Gasteiger partial charge in [-0.25, -0.2) is 9.78 Å². The Kier molecular flexibility index (Phi) is 7.24. The number of aromatic nitrogens is 1. The van der Waals surface area contributed by atoms with Crippen LogP contribution in [0.1, 0.15) is 39.5 Å². The fourth-order valence-corrected chi connectivity index (χ4v) is 4.45. The lowest BCUT2D eigenvalue weighted by atomic mass is 10.1. The molecule has 0 atom stereocenters. The van der Waals surface area contributed by atoms with Crippen LogP contribution in [0.25, 0.3) is 0 Å². The standard InChI is InChI=1S/C25H27N3O4S/c1-17-5-8-20(9-6-17)32-15-24-26-19(16-33-24)14-23(29)27-21-13-18(25(30)31-2)7-10-22(21)28-11-3-4-12-28/h5-10,13,16H,3-4,11-12,14-15H2,1-2H3,(H,27,29). The maximum Gasteiger partial charge on any atom is 0.337 e. The van der Waals surface area contributed by atoms with Crippen LogP contribution in [0.2, 0.25) is 0 Å². The third kappa shape index (κ3) is 5.90. The Hall–Kier alpha value is -3.39. The number of hydrogen-bond acceptors (Lipinski definition) is 7. The van der Waals surface area contributed by atoms with E-state index >= 15 is 0 Å². The Balaban J connectivity index is 1.41. The van der Waals surface area contributed by atoms with Crippen molar-refractivity contribution in [3.8, 4) is 5.75 Å². The lowest BCUT2D eigenvalue weighted by Crippen LogP contribution is -2.22. The van der Waals surface area contributed by atoms with Gasteiger partial charge in [0.05, 0.1) is 36.2 Å². The van der Waals surface area contributed by atoms with Gasteiger partial charge in [0, 0.05) is 18.5 Å². The first kappa shape index (κ1) is 22.8. The number of carbonyl (C=O) groups is 2. The van der Waals surface area contributed by atoms with E-state index < -0.39 is 5.97 Å². The van der Waals surface area contributed by atoms with Gasteiger partial charge in [0.15, 0.2) is 0 Å². The molecule has 2 aromatic carbocycles. The SMILES string of the molecule is COC(=O)c1ccc(N2CCCC2)c(NC(=O)Cc2csc(COc3ccc(C)cc3)n2)c1. The molecular formula is C25H27N3O4S. The van der Waals surface area contributed by atoms with E-state index in [4.69, 9.17) is 9.47 Å². The molecule has 0 aliphatic carbocycles. The van der Waals surface area contributed by atoms with E-state index in [9.17, 15) is 9.59 Å². The molecule has 1 amide bonds. The largest absolute Gasteiger partial charge is 0.486 e. The lowest BCUT2D eigenvalue weighted by molar-refractivity contribution is -0.115. The van der Waals surface area contributed by atoms with Gasteiger partial charge < -0.3 is 19.7 Å². The zero-order valence-electron chi connectivity index (χ0n) is 18.8. The fourth-order valence-electron chi connectivity index (χ4n) is 3.75. The molecule has 8 heteroatoms. The predicted octanol–water partition coefficient (Wildman–Crippen LogP) is 4.60. The molecular weight excluding hydrogens is 438 g/mol. The van der Waals surface area contributed by atoms with Gasteiger partial charge in [0.1, 0.15) is 17.4 Å². The second-order valence-electron chi connectivity index (χ2n) is 7.98. The van der Waals surface area contributed by atoms with Crippen molar-refractivity contribution in [3.63, 3.8) is 0 Å². The van der Waals surface area contributed by atoms with Gasteiger partial charge in [-0.3, -0.25) is 4.79 Å². The molecule has 0 bridgehead atoms. The van der Waals surface area contributed by atoms with E-state index in [0.29, 0.717) is 23.6 Å². The summed E-state index contributed by atoms with van der Waals surface area (Å²) in [4.78, 5) is 31.6. The van der Waals surface area contributed by atoms with E-state index in [1.54, 1.807) is 12.1 Å². The molecule has 4 rings (SSSR count). The smallest absolute Gasteiger partial charge is 0.337 e. The number of aryl methyl sites for hydroxylation is 1.